The van der Waals surface area contributed by atoms with Crippen LogP contribution in [0.4, 0.5) is 0 Å². The lowest BCUT2D eigenvalue weighted by Crippen LogP contribution is -2.05. The number of hydrogen-bond acceptors (Lipinski definition) is 3. The SMILES string of the molecule is CCc1c(CCC(=O)O)c(Br)cc2c1OCCCO2. The van der Waals surface area contributed by atoms with Gasteiger partial charge in [-0.05, 0) is 24.5 Å². The lowest BCUT2D eigenvalue weighted by molar-refractivity contribution is -0.136. The molecule has 0 aromatic heterocycles. The second kappa shape index (κ2) is 6.28. The van der Waals surface area contributed by atoms with Crippen molar-refractivity contribution in [3.05, 3.63) is 21.7 Å². The lowest BCUT2D eigenvalue weighted by Gasteiger charge is -2.17. The van der Waals surface area contributed by atoms with E-state index >= 15 is 0 Å². The van der Waals surface area contributed by atoms with Gasteiger partial charge in [-0.3, -0.25) is 4.79 Å². The Balaban J connectivity index is 2.42. The highest BCUT2D eigenvalue weighted by Gasteiger charge is 2.20. The fourth-order valence-electron chi connectivity index (χ4n) is 2.25. The third kappa shape index (κ3) is 3.21. The molecule has 0 atom stereocenters. The van der Waals surface area contributed by atoms with Crippen molar-refractivity contribution in [1.29, 1.82) is 0 Å². The van der Waals surface area contributed by atoms with Crippen LogP contribution in [0.25, 0.3) is 0 Å². The number of halogens is 1. The van der Waals surface area contributed by atoms with Gasteiger partial charge in [-0.2, -0.15) is 0 Å². The first-order chi connectivity index (χ1) is 9.13. The molecule has 0 unspecified atom stereocenters. The number of rotatable bonds is 4. The van der Waals surface area contributed by atoms with Crippen molar-refractivity contribution in [3.8, 4) is 11.5 Å². The van der Waals surface area contributed by atoms with E-state index in [1.165, 1.54) is 0 Å². The Labute approximate surface area is 120 Å². The summed E-state index contributed by atoms with van der Waals surface area (Å²) in [5, 5.41) is 8.84. The number of aliphatic carboxylic acids is 1. The molecule has 0 saturated heterocycles. The first-order valence-corrected chi connectivity index (χ1v) is 7.24. The molecule has 1 aromatic rings. The summed E-state index contributed by atoms with van der Waals surface area (Å²) in [6.45, 7) is 3.33. The fraction of sp³-hybridized carbons (Fsp3) is 0.500. The van der Waals surface area contributed by atoms with Crippen LogP contribution >= 0.6 is 15.9 Å². The largest absolute Gasteiger partial charge is 0.490 e. The minimum atomic E-state index is -0.791. The maximum atomic E-state index is 10.8. The summed E-state index contributed by atoms with van der Waals surface area (Å²) < 4.78 is 12.4. The Morgan fingerprint density at radius 3 is 2.79 bits per heavy atom. The average Bonchev–Trinajstić information content (AvgIpc) is 2.60. The third-order valence-electron chi connectivity index (χ3n) is 3.14. The van der Waals surface area contributed by atoms with Gasteiger partial charge in [-0.25, -0.2) is 0 Å². The average molecular weight is 329 g/mol. The number of benzene rings is 1. The quantitative estimate of drug-likeness (QED) is 0.922. The van der Waals surface area contributed by atoms with Gasteiger partial charge in [-0.15, -0.1) is 0 Å². The molecule has 0 aliphatic carbocycles. The Hall–Kier alpha value is -1.23. The molecule has 1 heterocycles. The summed E-state index contributed by atoms with van der Waals surface area (Å²) in [6.07, 6.45) is 2.26. The summed E-state index contributed by atoms with van der Waals surface area (Å²) in [4.78, 5) is 10.8. The highest BCUT2D eigenvalue weighted by atomic mass is 79.9. The molecule has 1 aromatic carbocycles. The van der Waals surface area contributed by atoms with Gasteiger partial charge in [0.15, 0.2) is 11.5 Å². The van der Waals surface area contributed by atoms with Crippen molar-refractivity contribution in [1.82, 2.24) is 0 Å². The van der Waals surface area contributed by atoms with Crippen molar-refractivity contribution < 1.29 is 19.4 Å². The van der Waals surface area contributed by atoms with E-state index in [4.69, 9.17) is 14.6 Å². The van der Waals surface area contributed by atoms with Crippen LogP contribution in [0.5, 0.6) is 11.5 Å². The Morgan fingerprint density at radius 2 is 2.11 bits per heavy atom. The van der Waals surface area contributed by atoms with E-state index in [2.05, 4.69) is 15.9 Å². The summed E-state index contributed by atoms with van der Waals surface area (Å²) in [7, 11) is 0. The Morgan fingerprint density at radius 1 is 1.37 bits per heavy atom. The van der Waals surface area contributed by atoms with Gasteiger partial charge >= 0.3 is 5.97 Å². The highest BCUT2D eigenvalue weighted by molar-refractivity contribution is 9.10. The predicted octanol–water partition coefficient (Wildman–Crippen LogP) is 3.19. The van der Waals surface area contributed by atoms with Crippen LogP contribution in [0, 0.1) is 0 Å². The number of carboxylic acids is 1. The van der Waals surface area contributed by atoms with Gasteiger partial charge in [0, 0.05) is 22.9 Å². The van der Waals surface area contributed by atoms with Crippen molar-refractivity contribution in [2.24, 2.45) is 0 Å². The summed E-state index contributed by atoms with van der Waals surface area (Å²) >= 11 is 3.51. The molecule has 104 valence electrons. The second-order valence-electron chi connectivity index (χ2n) is 4.44. The van der Waals surface area contributed by atoms with E-state index in [1.807, 2.05) is 13.0 Å². The van der Waals surface area contributed by atoms with Gasteiger partial charge < -0.3 is 14.6 Å². The maximum Gasteiger partial charge on any atom is 0.303 e. The first-order valence-electron chi connectivity index (χ1n) is 6.45. The van der Waals surface area contributed by atoms with Crippen molar-refractivity contribution in [2.75, 3.05) is 13.2 Å². The van der Waals surface area contributed by atoms with Crippen molar-refractivity contribution in [3.63, 3.8) is 0 Å². The molecule has 4 nitrogen and oxygen atoms in total. The summed E-state index contributed by atoms with van der Waals surface area (Å²) in [6, 6.07) is 1.89. The predicted molar refractivity (Wildman–Crippen MR) is 75.1 cm³/mol. The van der Waals surface area contributed by atoms with Gasteiger partial charge in [0.1, 0.15) is 0 Å². The molecule has 0 saturated carbocycles. The van der Waals surface area contributed by atoms with E-state index in [1.54, 1.807) is 0 Å². The van der Waals surface area contributed by atoms with Gasteiger partial charge in [0.25, 0.3) is 0 Å². The van der Waals surface area contributed by atoms with Gasteiger partial charge in [0.05, 0.1) is 13.2 Å². The molecule has 0 amide bonds. The van der Waals surface area contributed by atoms with Crippen LogP contribution in [0.2, 0.25) is 0 Å². The molecular weight excluding hydrogens is 312 g/mol. The molecule has 19 heavy (non-hydrogen) atoms. The van der Waals surface area contributed by atoms with Crippen LogP contribution in [0.15, 0.2) is 10.5 Å². The number of carboxylic acid groups (broad SMARTS) is 1. The van der Waals surface area contributed by atoms with E-state index < -0.39 is 5.97 Å². The first kappa shape index (κ1) is 14.2. The maximum absolute atomic E-state index is 10.8. The zero-order valence-corrected chi connectivity index (χ0v) is 12.5. The third-order valence-corrected chi connectivity index (χ3v) is 3.85. The van der Waals surface area contributed by atoms with E-state index in [0.29, 0.717) is 19.6 Å². The minimum absolute atomic E-state index is 0.116. The number of carbonyl (C=O) groups is 1. The van der Waals surface area contributed by atoms with E-state index in [0.717, 1.165) is 39.9 Å². The Kier molecular flexibility index (Phi) is 4.69. The highest BCUT2D eigenvalue weighted by Crippen LogP contribution is 2.40. The van der Waals surface area contributed by atoms with Crippen molar-refractivity contribution in [2.45, 2.75) is 32.6 Å². The summed E-state index contributed by atoms with van der Waals surface area (Å²) in [5.41, 5.74) is 2.06. The molecule has 0 fully saturated rings. The van der Waals surface area contributed by atoms with E-state index in [9.17, 15) is 4.79 Å². The molecule has 1 aliphatic heterocycles. The lowest BCUT2D eigenvalue weighted by atomic mass is 9.99. The second-order valence-corrected chi connectivity index (χ2v) is 5.29. The molecule has 2 rings (SSSR count). The zero-order chi connectivity index (χ0) is 13.8. The molecular formula is C14H17BrO4. The van der Waals surface area contributed by atoms with Crippen LogP contribution in [-0.4, -0.2) is 24.3 Å². The molecule has 0 spiro atoms. The fourth-order valence-corrected chi connectivity index (χ4v) is 2.90. The van der Waals surface area contributed by atoms with Gasteiger partial charge in [-0.1, -0.05) is 22.9 Å². The smallest absolute Gasteiger partial charge is 0.303 e. The molecule has 0 radical (unpaired) electrons. The van der Waals surface area contributed by atoms with Crippen LogP contribution < -0.4 is 9.47 Å². The standard InChI is InChI=1S/C14H17BrO4/c1-2-9-10(4-5-13(16)17)11(15)8-12-14(9)19-7-3-6-18-12/h8H,2-7H2,1H3,(H,16,17). The molecule has 0 bridgehead atoms. The monoisotopic (exact) mass is 328 g/mol. The molecule has 5 heteroatoms. The molecule has 1 aliphatic rings. The summed E-state index contributed by atoms with van der Waals surface area (Å²) in [5.74, 6) is 0.741. The Bertz CT molecular complexity index is 485. The van der Waals surface area contributed by atoms with Crippen LogP contribution in [-0.2, 0) is 17.6 Å². The van der Waals surface area contributed by atoms with Gasteiger partial charge in [0.2, 0.25) is 0 Å². The normalized spacial score (nSPS) is 14.0. The zero-order valence-electron chi connectivity index (χ0n) is 10.9. The van der Waals surface area contributed by atoms with E-state index in [-0.39, 0.29) is 6.42 Å². The molecule has 1 N–H and O–H groups in total. The number of ether oxygens (including phenoxy) is 2. The van der Waals surface area contributed by atoms with Crippen LogP contribution in [0.3, 0.4) is 0 Å². The topological polar surface area (TPSA) is 55.8 Å². The minimum Gasteiger partial charge on any atom is -0.490 e. The van der Waals surface area contributed by atoms with Crippen molar-refractivity contribution >= 4 is 21.9 Å². The number of hydrogen-bond donors (Lipinski definition) is 1. The van der Waals surface area contributed by atoms with Crippen LogP contribution in [0.1, 0.15) is 30.9 Å². The number of fused-ring (bicyclic) bond motifs is 1.